The number of carboxylic acid groups (broad SMARTS) is 2. The Bertz CT molecular complexity index is 3840. The Balaban J connectivity index is 0.000000226. The highest BCUT2D eigenvalue weighted by molar-refractivity contribution is 5.75. The molecular weight excluding hydrogens is 1580 g/mol. The first-order valence-electron chi connectivity index (χ1n) is 45.2. The van der Waals surface area contributed by atoms with E-state index in [9.17, 15) is 79.0 Å². The van der Waals surface area contributed by atoms with E-state index in [2.05, 4.69) is 17.4 Å². The summed E-state index contributed by atoms with van der Waals surface area (Å²) in [5, 5.41) is 124. The number of carbonyl (C=O) groups is 4. The fourth-order valence-electron chi connectivity index (χ4n) is 17.9. The summed E-state index contributed by atoms with van der Waals surface area (Å²) in [6.07, 6.45) is 31.2. The molecule has 22 nitrogen and oxygen atoms in total. The van der Waals surface area contributed by atoms with Crippen molar-refractivity contribution in [3.05, 3.63) is 192 Å². The zero-order valence-electron chi connectivity index (χ0n) is 72.9. The van der Waals surface area contributed by atoms with Crippen LogP contribution in [0.3, 0.4) is 0 Å². The number of ether oxygens (including phenoxy) is 5. The van der Waals surface area contributed by atoms with Crippen LogP contribution in [0.4, 0.5) is 8.78 Å². The molecule has 10 rings (SSSR count). The molecule has 4 saturated carbocycles. The number of carbonyl (C=O) groups excluding carboxylic acids is 2. The van der Waals surface area contributed by atoms with Crippen LogP contribution in [0.25, 0.3) is 0 Å². The molecule has 0 radical (unpaired) electrons. The Morgan fingerprint density at radius 2 is 0.943 bits per heavy atom. The summed E-state index contributed by atoms with van der Waals surface area (Å²) in [5.41, 5.74) is 4.15. The second-order valence-corrected chi connectivity index (χ2v) is 34.9. The topological polar surface area (TPSA) is 369 Å². The number of nitrogens with one attached hydrogen (secondary N) is 1. The van der Waals surface area contributed by atoms with Gasteiger partial charge in [-0.2, -0.15) is 0 Å². The third-order valence-corrected chi connectivity index (χ3v) is 24.7. The number of halogens is 2. The van der Waals surface area contributed by atoms with Gasteiger partial charge in [0.05, 0.1) is 67.1 Å². The van der Waals surface area contributed by atoms with Gasteiger partial charge in [-0.1, -0.05) is 134 Å². The zero-order chi connectivity index (χ0) is 89.2. The van der Waals surface area contributed by atoms with E-state index in [0.29, 0.717) is 128 Å². The summed E-state index contributed by atoms with van der Waals surface area (Å²) in [6.45, 7) is 11.1. The van der Waals surface area contributed by atoms with Crippen molar-refractivity contribution >= 4 is 23.8 Å². The van der Waals surface area contributed by atoms with Gasteiger partial charge in [0.1, 0.15) is 25.4 Å². The fourth-order valence-corrected chi connectivity index (χ4v) is 17.9. The number of aliphatic hydroxyl groups is 10. The summed E-state index contributed by atoms with van der Waals surface area (Å²) < 4.78 is 55.9. The first kappa shape index (κ1) is 103. The number of benzene rings is 4. The number of fused-ring (bicyclic) bond motifs is 2. The Labute approximate surface area is 727 Å². The van der Waals surface area contributed by atoms with Crippen LogP contribution < -0.4 is 14.8 Å². The van der Waals surface area contributed by atoms with Gasteiger partial charge in [-0.3, -0.25) is 19.2 Å². The molecule has 4 aliphatic carbocycles. The largest absolute Gasteiger partial charge is 0.487 e. The number of carboxylic acids is 2. The molecule has 2 saturated heterocycles. The third kappa shape index (κ3) is 37.9. The van der Waals surface area contributed by atoms with Crippen LogP contribution in [0.1, 0.15) is 210 Å². The number of amides is 1. The van der Waals surface area contributed by atoms with E-state index in [1.54, 1.807) is 42.5 Å². The molecule has 13 N–H and O–H groups in total. The summed E-state index contributed by atoms with van der Waals surface area (Å²) in [4.78, 5) is 44.4. The molecule has 22 atom stereocenters. The number of allylic oxidation sites excluding steroid dienone is 4. The zero-order valence-corrected chi connectivity index (χ0v) is 72.9. The lowest BCUT2D eigenvalue weighted by Crippen LogP contribution is -2.23. The maximum atomic E-state index is 13.8. The van der Waals surface area contributed by atoms with Crippen molar-refractivity contribution in [2.45, 2.75) is 294 Å². The van der Waals surface area contributed by atoms with Crippen LogP contribution in [0.5, 0.6) is 11.5 Å². The van der Waals surface area contributed by atoms with E-state index >= 15 is 0 Å². The van der Waals surface area contributed by atoms with Gasteiger partial charge in [-0.05, 0) is 257 Å². The number of hydrogen-bond donors (Lipinski definition) is 13. The second-order valence-electron chi connectivity index (χ2n) is 34.9. The average molecular weight is 1720 g/mol. The predicted octanol–water partition coefficient (Wildman–Crippen LogP) is 14.3. The van der Waals surface area contributed by atoms with Gasteiger partial charge in [-0.25, -0.2) is 8.78 Å². The molecule has 123 heavy (non-hydrogen) atoms. The van der Waals surface area contributed by atoms with E-state index in [0.717, 1.165) is 81.8 Å². The maximum Gasteiger partial charge on any atom is 0.306 e. The molecule has 1 amide bonds. The molecule has 6 aliphatic rings. The van der Waals surface area contributed by atoms with Gasteiger partial charge in [0.25, 0.3) is 0 Å². The number of aliphatic hydroxyl groups excluding tert-OH is 10. The van der Waals surface area contributed by atoms with Crippen molar-refractivity contribution in [3.63, 3.8) is 0 Å². The smallest absolute Gasteiger partial charge is 0.306 e. The van der Waals surface area contributed by atoms with Crippen molar-refractivity contribution in [2.75, 3.05) is 33.0 Å². The van der Waals surface area contributed by atoms with Crippen molar-refractivity contribution in [1.29, 1.82) is 0 Å². The van der Waals surface area contributed by atoms with E-state index in [1.165, 1.54) is 23.3 Å². The van der Waals surface area contributed by atoms with Crippen LogP contribution in [0.15, 0.2) is 158 Å². The summed E-state index contributed by atoms with van der Waals surface area (Å²) in [7, 11) is 0. The first-order valence-corrected chi connectivity index (χ1v) is 45.2. The van der Waals surface area contributed by atoms with Crippen LogP contribution in [-0.4, -0.2) is 197 Å². The normalized spacial score (nSPS) is 27.2. The predicted molar refractivity (Wildman–Crippen MR) is 469 cm³/mol. The molecule has 0 aromatic heterocycles. The van der Waals surface area contributed by atoms with Crippen molar-refractivity contribution in [2.24, 2.45) is 59.2 Å². The van der Waals surface area contributed by atoms with Gasteiger partial charge in [-0.15, -0.1) is 0 Å². The summed E-state index contributed by atoms with van der Waals surface area (Å²) in [5.74, 6) is -1.70. The average Bonchev–Trinajstić information content (AvgIpc) is 1.66. The van der Waals surface area contributed by atoms with Crippen molar-refractivity contribution in [3.8, 4) is 11.5 Å². The van der Waals surface area contributed by atoms with Crippen molar-refractivity contribution < 1.29 is 113 Å². The lowest BCUT2D eigenvalue weighted by atomic mass is 9.85. The van der Waals surface area contributed by atoms with Crippen LogP contribution in [0.2, 0.25) is 0 Å². The fraction of sp³-hybridized carbons (Fsp3) is 0.616. The van der Waals surface area contributed by atoms with E-state index < -0.39 is 84.6 Å². The number of esters is 1. The Morgan fingerprint density at radius 3 is 1.46 bits per heavy atom. The number of aryl methyl sites for hydroxylation is 4. The maximum absolute atomic E-state index is 13.8. The molecule has 24 heteroatoms. The first-order chi connectivity index (χ1) is 59.0. The molecule has 0 unspecified atom stereocenters. The van der Waals surface area contributed by atoms with Gasteiger partial charge >= 0.3 is 17.9 Å². The summed E-state index contributed by atoms with van der Waals surface area (Å²) >= 11 is 0. The summed E-state index contributed by atoms with van der Waals surface area (Å²) in [6, 6.07) is 29.3. The molecule has 4 aromatic rings. The standard InChI is InChI=1S/C27H39FO6.C25H37NO4.C24H33FO6.C23H34O5/c1-17(2)34-27(31)6-4-5-19-8-10-22-21(24(30)14-25(22)32-15-19)11-9-20(29)16-33-26-13-18(3)7-12-23(26)28;1-2-26-25(30)13-9-4-3-8-12-21-22(24(29)18-23(21)28)17-16-20(27)15-14-19-10-6-5-7-11-19;1-15-5-10-20(25)23(11-15)31-14-17(26)7-9-18-19-8-6-16(3-2-4-24(28)29)13-30-22(19)12-21(18)27;24-18(13-12-17-8-4-3-5-9-17)14-15-20-19(21(25)16-22(20)26)10-6-1-2-7-11-23(27)28/h7,9,11-13,17,19-22,24-25,29-30H,4-6,8,10,14-16H2,1-3H3;3,5-8,10-11,16-17,20-24,27-29H,2,4,9,12-15,18H2,1H3,(H,26,30);5,7,9-11,16-19,21-22,26-27H,2-4,6,8,12-14H2,1H3,(H,28,29);1,3-6,8-9,18-22,24-26H,2,7,10-16H2,(H,27,28)/b11-9+;8-3-,17-16+;9-7+;6-1-/t19-,20+,21+,22+,24+,25-;20-,21+,22+,23-,24+;16-,17+,18+,19+,21+,22-;18-,19+,20+,21-,22+/m0000/s1. The minimum absolute atomic E-state index is 0.00432. The highest BCUT2D eigenvalue weighted by Crippen LogP contribution is 2.45. The van der Waals surface area contributed by atoms with E-state index in [1.807, 2.05) is 126 Å². The lowest BCUT2D eigenvalue weighted by Gasteiger charge is -2.23. The van der Waals surface area contributed by atoms with Gasteiger partial charge in [0, 0.05) is 82.5 Å². The Kier molecular flexibility index (Phi) is 46.5. The lowest BCUT2D eigenvalue weighted by molar-refractivity contribution is -0.147. The quantitative estimate of drug-likeness (QED) is 0.0111. The van der Waals surface area contributed by atoms with Crippen molar-refractivity contribution in [1.82, 2.24) is 5.32 Å². The van der Waals surface area contributed by atoms with Gasteiger partial charge in [0.15, 0.2) is 23.1 Å². The molecule has 4 aromatic carbocycles. The molecule has 0 bridgehead atoms. The molecule has 2 heterocycles. The number of unbranched alkanes of at least 4 members (excludes halogenated alkanes) is 2. The van der Waals surface area contributed by atoms with E-state index in [4.69, 9.17) is 33.9 Å². The minimum Gasteiger partial charge on any atom is -0.487 e. The van der Waals surface area contributed by atoms with Gasteiger partial charge in [0.2, 0.25) is 5.91 Å². The number of aliphatic carboxylic acids is 2. The second kappa shape index (κ2) is 55.8. The number of rotatable bonds is 43. The van der Waals surface area contributed by atoms with Gasteiger partial charge < -0.3 is 90.3 Å². The SMILES string of the molecule is CCNC(=O)CCC/C=C\C[C@@H]1[C@@H](/C=C/[C@@H](O)CCc2ccccc2)[C@H](O)C[C@@H]1O.Cc1ccc(F)c(OC[C@H](O)/C=C/[C@@H]2[C@H]3CC[C@H](CCCC(=O)O)CO[C@H]3C[C@H]2O)c1.Cc1ccc(F)c(OC[C@H](O)/C=C/[C@@H]2[C@H]3CC[C@H](CCCC(=O)OC(C)C)CO[C@H]3C[C@H]2O)c1.O=C(O)CCC/C=C\C[C@@H]1[C@@H](CC[C@@H](O)CCc2ccccc2)[C@H](O)C[C@@H]1O. The van der Waals surface area contributed by atoms with Crippen LogP contribution in [0, 0.1) is 84.7 Å². The third-order valence-electron chi connectivity index (χ3n) is 24.7. The molecule has 0 spiro atoms. The molecule has 684 valence electrons. The minimum atomic E-state index is -0.915. The molecule has 2 aliphatic heterocycles. The Hall–Kier alpha value is -7.56. The monoisotopic (exact) mass is 1720 g/mol. The number of hydrogen-bond acceptors (Lipinski definition) is 19. The highest BCUT2D eigenvalue weighted by atomic mass is 19.1. The van der Waals surface area contributed by atoms with Crippen LogP contribution >= 0.6 is 0 Å². The Morgan fingerprint density at radius 1 is 0.496 bits per heavy atom. The van der Waals surface area contributed by atoms with Crippen LogP contribution in [-0.2, 0) is 46.2 Å². The molecule has 6 fully saturated rings. The van der Waals surface area contributed by atoms with E-state index in [-0.39, 0.29) is 115 Å². The highest BCUT2D eigenvalue weighted by Gasteiger charge is 2.46. The molecular formula is C99H143F2NO21.